The van der Waals surface area contributed by atoms with Crippen LogP contribution in [-0.2, 0) is 13.0 Å². The van der Waals surface area contributed by atoms with Gasteiger partial charge in [0.1, 0.15) is 12.2 Å². The molecule has 2 unspecified atom stereocenters. The van der Waals surface area contributed by atoms with Crippen LogP contribution >= 0.6 is 0 Å². The molecule has 20 heavy (non-hydrogen) atoms. The van der Waals surface area contributed by atoms with E-state index >= 15 is 0 Å². The molecule has 3 aliphatic heterocycles. The summed E-state index contributed by atoms with van der Waals surface area (Å²) in [4.78, 5) is 9.69. The summed E-state index contributed by atoms with van der Waals surface area (Å²) in [6.07, 6.45) is 3.75. The zero-order valence-corrected chi connectivity index (χ0v) is 12.6. The number of aryl methyl sites for hydroxylation is 1. The van der Waals surface area contributed by atoms with Crippen LogP contribution in [-0.4, -0.2) is 76.4 Å². The van der Waals surface area contributed by atoms with E-state index in [1.54, 1.807) is 6.33 Å². The van der Waals surface area contributed by atoms with Crippen molar-refractivity contribution in [2.75, 3.05) is 39.8 Å². The van der Waals surface area contributed by atoms with Crippen molar-refractivity contribution < 1.29 is 0 Å². The van der Waals surface area contributed by atoms with Gasteiger partial charge in [0.2, 0.25) is 0 Å². The van der Waals surface area contributed by atoms with Gasteiger partial charge in [-0.25, -0.2) is 4.98 Å². The van der Waals surface area contributed by atoms with Gasteiger partial charge < -0.3 is 5.32 Å². The zero-order chi connectivity index (χ0) is 13.9. The Labute approximate surface area is 121 Å². The van der Waals surface area contributed by atoms with E-state index in [2.05, 4.69) is 43.9 Å². The summed E-state index contributed by atoms with van der Waals surface area (Å²) in [7, 11) is 2.07. The first kappa shape index (κ1) is 14.0. The van der Waals surface area contributed by atoms with Crippen molar-refractivity contribution >= 4 is 0 Å². The Morgan fingerprint density at radius 3 is 2.75 bits per heavy atom. The summed E-state index contributed by atoms with van der Waals surface area (Å²) in [5.74, 6) is 1.11. The molecule has 2 bridgehead atoms. The third kappa shape index (κ3) is 2.73. The van der Waals surface area contributed by atoms with Crippen LogP contribution < -0.4 is 5.32 Å². The van der Waals surface area contributed by atoms with Crippen LogP contribution in [0.25, 0.3) is 0 Å². The normalized spacial score (nSPS) is 30.6. The van der Waals surface area contributed by atoms with Gasteiger partial charge in [-0.1, -0.05) is 6.92 Å². The Morgan fingerprint density at radius 1 is 1.35 bits per heavy atom. The van der Waals surface area contributed by atoms with Crippen LogP contribution in [0, 0.1) is 0 Å². The van der Waals surface area contributed by atoms with Crippen LogP contribution in [0.3, 0.4) is 0 Å². The maximum Gasteiger partial charge on any atom is 0.138 e. The molecule has 112 valence electrons. The van der Waals surface area contributed by atoms with Crippen molar-refractivity contribution in [3.05, 3.63) is 12.2 Å². The first-order valence-corrected chi connectivity index (χ1v) is 7.82. The molecule has 2 atom stereocenters. The molecular weight excluding hydrogens is 252 g/mol. The fraction of sp³-hybridized carbons (Fsp3) is 0.857. The first-order valence-electron chi connectivity index (χ1n) is 7.82. The van der Waals surface area contributed by atoms with Crippen LogP contribution in [0.5, 0.6) is 0 Å². The molecule has 6 nitrogen and oxygen atoms in total. The molecule has 0 aromatic carbocycles. The molecule has 4 heterocycles. The predicted molar refractivity (Wildman–Crippen MR) is 78.7 cm³/mol. The lowest BCUT2D eigenvalue weighted by Crippen LogP contribution is -2.66. The van der Waals surface area contributed by atoms with Gasteiger partial charge in [0.05, 0.1) is 0 Å². The van der Waals surface area contributed by atoms with Gasteiger partial charge in [0.25, 0.3) is 0 Å². The Hall–Kier alpha value is -0.980. The summed E-state index contributed by atoms with van der Waals surface area (Å²) in [6.45, 7) is 9.23. The molecule has 4 rings (SSSR count). The van der Waals surface area contributed by atoms with Crippen molar-refractivity contribution in [2.45, 2.75) is 38.4 Å². The lowest BCUT2D eigenvalue weighted by atomic mass is 9.97. The van der Waals surface area contributed by atoms with Gasteiger partial charge in [-0.15, -0.1) is 0 Å². The van der Waals surface area contributed by atoms with Crippen molar-refractivity contribution in [1.82, 2.24) is 29.9 Å². The third-order valence-corrected chi connectivity index (χ3v) is 4.69. The third-order valence-electron chi connectivity index (χ3n) is 4.69. The average Bonchev–Trinajstić information content (AvgIpc) is 2.93. The smallest absolute Gasteiger partial charge is 0.138 e. The summed E-state index contributed by atoms with van der Waals surface area (Å²) in [5.41, 5.74) is 0. The largest absolute Gasteiger partial charge is 0.315 e. The summed E-state index contributed by atoms with van der Waals surface area (Å²) < 4.78 is 2.06. The van der Waals surface area contributed by atoms with E-state index in [-0.39, 0.29) is 0 Å². The Kier molecular flexibility index (Phi) is 4.33. The Balaban J connectivity index is 1.69. The van der Waals surface area contributed by atoms with Gasteiger partial charge in [-0.3, -0.25) is 14.5 Å². The number of piperazine rings is 3. The molecule has 1 aromatic heterocycles. The second-order valence-corrected chi connectivity index (χ2v) is 5.90. The molecule has 0 saturated carbocycles. The quantitative estimate of drug-likeness (QED) is 0.782. The predicted octanol–water partition coefficient (Wildman–Crippen LogP) is -0.182. The second-order valence-electron chi connectivity index (χ2n) is 5.90. The zero-order valence-electron chi connectivity index (χ0n) is 12.6. The van der Waals surface area contributed by atoms with E-state index in [9.17, 15) is 0 Å². The topological polar surface area (TPSA) is 49.2 Å². The number of hydrogen-bond acceptors (Lipinski definition) is 5. The van der Waals surface area contributed by atoms with E-state index in [0.717, 1.165) is 25.2 Å². The minimum absolute atomic E-state index is 0.456. The number of nitrogens with zero attached hydrogens (tertiary/aromatic N) is 5. The van der Waals surface area contributed by atoms with Gasteiger partial charge >= 0.3 is 0 Å². The molecule has 3 aliphatic rings. The highest BCUT2D eigenvalue weighted by molar-refractivity contribution is 4.99. The lowest BCUT2D eigenvalue weighted by Gasteiger charge is -2.50. The summed E-state index contributed by atoms with van der Waals surface area (Å²) >= 11 is 0. The second kappa shape index (κ2) is 6.20. The van der Waals surface area contributed by atoms with Gasteiger partial charge in [0, 0.05) is 57.8 Å². The minimum Gasteiger partial charge on any atom is -0.315 e. The molecule has 3 saturated heterocycles. The molecule has 3 fully saturated rings. The van der Waals surface area contributed by atoms with Crippen molar-refractivity contribution in [3.8, 4) is 0 Å². The van der Waals surface area contributed by atoms with Crippen LogP contribution in [0.2, 0.25) is 0 Å². The summed E-state index contributed by atoms with van der Waals surface area (Å²) in [6, 6.07) is 1.06. The van der Waals surface area contributed by atoms with Crippen molar-refractivity contribution in [3.63, 3.8) is 0 Å². The Morgan fingerprint density at radius 2 is 2.15 bits per heavy atom. The number of nitrogens with one attached hydrogen (secondary N) is 1. The van der Waals surface area contributed by atoms with Crippen LogP contribution in [0.4, 0.5) is 0 Å². The van der Waals surface area contributed by atoms with E-state index < -0.39 is 0 Å². The van der Waals surface area contributed by atoms with Crippen molar-refractivity contribution in [2.24, 2.45) is 0 Å². The fourth-order valence-electron chi connectivity index (χ4n) is 3.51. The van der Waals surface area contributed by atoms with Crippen LogP contribution in [0.1, 0.15) is 19.2 Å². The SMILES string of the molecule is CCCn1ncnc1CC(NC)C1CN2CCN1CC2. The van der Waals surface area contributed by atoms with E-state index in [0.29, 0.717) is 12.1 Å². The molecule has 0 aliphatic carbocycles. The maximum atomic E-state index is 4.46. The highest BCUT2D eigenvalue weighted by atomic mass is 15.4. The first-order chi connectivity index (χ1) is 9.81. The summed E-state index contributed by atoms with van der Waals surface area (Å²) in [5, 5.41) is 7.85. The van der Waals surface area contributed by atoms with Gasteiger partial charge in [-0.2, -0.15) is 5.10 Å². The molecule has 0 spiro atoms. The lowest BCUT2D eigenvalue weighted by molar-refractivity contribution is -0.00242. The number of hydrogen-bond donors (Lipinski definition) is 1. The van der Waals surface area contributed by atoms with E-state index in [1.165, 1.54) is 32.7 Å². The van der Waals surface area contributed by atoms with Crippen molar-refractivity contribution in [1.29, 1.82) is 0 Å². The molecular formula is C14H26N6. The number of likely N-dealkylation sites (N-methyl/N-ethyl adjacent to an activating group) is 1. The fourth-order valence-corrected chi connectivity index (χ4v) is 3.51. The number of fused-ring (bicyclic) bond motifs is 3. The number of rotatable bonds is 6. The van der Waals surface area contributed by atoms with Gasteiger partial charge in [-0.05, 0) is 13.5 Å². The monoisotopic (exact) mass is 278 g/mol. The molecule has 6 heteroatoms. The Bertz CT molecular complexity index is 423. The van der Waals surface area contributed by atoms with E-state index in [4.69, 9.17) is 0 Å². The molecule has 0 amide bonds. The molecule has 0 radical (unpaired) electrons. The molecule has 1 N–H and O–H groups in total. The standard InChI is InChI=1S/C14H26N6/c1-3-4-20-14(16-11-17-20)9-12(15-2)13-10-18-5-7-19(13)8-6-18/h11-13,15H,3-10H2,1-2H3. The number of aromatic nitrogens is 3. The minimum atomic E-state index is 0.456. The maximum absolute atomic E-state index is 4.46. The average molecular weight is 278 g/mol. The van der Waals surface area contributed by atoms with Gasteiger partial charge in [0.15, 0.2) is 0 Å². The molecule has 1 aromatic rings. The highest BCUT2D eigenvalue weighted by Crippen LogP contribution is 2.20. The highest BCUT2D eigenvalue weighted by Gasteiger charge is 2.36. The van der Waals surface area contributed by atoms with E-state index in [1.807, 2.05) is 0 Å². The van der Waals surface area contributed by atoms with Crippen LogP contribution in [0.15, 0.2) is 6.33 Å².